The standard InChI is InChI=1S/C25H42O5/c1-19(2)25(20(3)4,24(26)27)15-10-8-7-9-11-21-12-13-23(29-6)22(17-21)14-16-30-18-28-5/h12-13,17,19-20H,7-11,14-16,18H2,1-6H3,(H,26,27). The van der Waals surface area contributed by atoms with E-state index in [0.29, 0.717) is 13.4 Å². The molecule has 172 valence electrons. The second-order valence-electron chi connectivity index (χ2n) is 8.78. The van der Waals surface area contributed by atoms with E-state index < -0.39 is 11.4 Å². The minimum absolute atomic E-state index is 0.139. The minimum Gasteiger partial charge on any atom is -0.496 e. The number of aryl methyl sites for hydroxylation is 1. The van der Waals surface area contributed by atoms with Crippen LogP contribution in [0.4, 0.5) is 0 Å². The maximum Gasteiger partial charge on any atom is 0.310 e. The molecule has 5 heteroatoms. The van der Waals surface area contributed by atoms with E-state index in [4.69, 9.17) is 14.2 Å². The summed E-state index contributed by atoms with van der Waals surface area (Å²) < 4.78 is 15.8. The molecule has 1 rings (SSSR count). The number of methoxy groups -OCH3 is 2. The van der Waals surface area contributed by atoms with Gasteiger partial charge in [-0.2, -0.15) is 0 Å². The third kappa shape index (κ3) is 7.59. The number of hydrogen-bond acceptors (Lipinski definition) is 4. The van der Waals surface area contributed by atoms with Crippen LogP contribution >= 0.6 is 0 Å². The largest absolute Gasteiger partial charge is 0.496 e. The van der Waals surface area contributed by atoms with E-state index in [1.54, 1.807) is 14.2 Å². The molecule has 0 aliphatic rings. The molecule has 0 aliphatic heterocycles. The van der Waals surface area contributed by atoms with Gasteiger partial charge in [-0.25, -0.2) is 0 Å². The van der Waals surface area contributed by atoms with Gasteiger partial charge in [-0.15, -0.1) is 0 Å². The Kier molecular flexibility index (Phi) is 12.0. The maximum absolute atomic E-state index is 12.0. The number of rotatable bonds is 16. The van der Waals surface area contributed by atoms with E-state index in [0.717, 1.165) is 56.3 Å². The van der Waals surface area contributed by atoms with Crippen LogP contribution in [0.25, 0.3) is 0 Å². The second-order valence-corrected chi connectivity index (χ2v) is 8.78. The van der Waals surface area contributed by atoms with Crippen LogP contribution in [0, 0.1) is 17.3 Å². The van der Waals surface area contributed by atoms with Crippen LogP contribution in [0.2, 0.25) is 0 Å². The van der Waals surface area contributed by atoms with Gasteiger partial charge in [-0.1, -0.05) is 59.1 Å². The van der Waals surface area contributed by atoms with E-state index in [1.165, 1.54) is 5.56 Å². The first kappa shape index (κ1) is 26.4. The molecule has 0 bridgehead atoms. The van der Waals surface area contributed by atoms with Crippen LogP contribution in [0.3, 0.4) is 0 Å². The molecule has 0 fully saturated rings. The van der Waals surface area contributed by atoms with Gasteiger partial charge in [-0.05, 0) is 54.7 Å². The number of carboxylic acid groups (broad SMARTS) is 1. The Morgan fingerprint density at radius 3 is 2.23 bits per heavy atom. The number of ether oxygens (including phenoxy) is 3. The molecule has 0 unspecified atom stereocenters. The molecule has 1 aromatic carbocycles. The molecule has 0 heterocycles. The normalized spacial score (nSPS) is 12.0. The fraction of sp³-hybridized carbons (Fsp3) is 0.720. The minimum atomic E-state index is -0.646. The highest BCUT2D eigenvalue weighted by molar-refractivity contribution is 5.75. The van der Waals surface area contributed by atoms with Crippen molar-refractivity contribution in [3.05, 3.63) is 29.3 Å². The SMILES string of the molecule is COCOCCc1cc(CCCCCCC(C(=O)O)(C(C)C)C(C)C)ccc1OC. The Hall–Kier alpha value is -1.59. The number of benzene rings is 1. The zero-order valence-corrected chi connectivity index (χ0v) is 19.8. The van der Waals surface area contributed by atoms with Crippen molar-refractivity contribution >= 4 is 5.97 Å². The van der Waals surface area contributed by atoms with Gasteiger partial charge in [0.15, 0.2) is 0 Å². The first-order valence-corrected chi connectivity index (χ1v) is 11.2. The third-order valence-corrected chi connectivity index (χ3v) is 6.33. The van der Waals surface area contributed by atoms with Crippen LogP contribution in [-0.4, -0.2) is 38.7 Å². The average Bonchev–Trinajstić information content (AvgIpc) is 2.70. The number of unbranched alkanes of at least 4 members (excludes halogenated alkanes) is 3. The lowest BCUT2D eigenvalue weighted by Gasteiger charge is -2.37. The third-order valence-electron chi connectivity index (χ3n) is 6.33. The zero-order valence-electron chi connectivity index (χ0n) is 19.8. The van der Waals surface area contributed by atoms with Gasteiger partial charge < -0.3 is 19.3 Å². The lowest BCUT2D eigenvalue weighted by molar-refractivity contribution is -0.156. The first-order chi connectivity index (χ1) is 14.3. The zero-order chi connectivity index (χ0) is 22.6. The average molecular weight is 423 g/mol. The fourth-order valence-corrected chi connectivity index (χ4v) is 4.45. The van der Waals surface area contributed by atoms with Gasteiger partial charge in [-0.3, -0.25) is 4.79 Å². The lowest BCUT2D eigenvalue weighted by Crippen LogP contribution is -2.41. The van der Waals surface area contributed by atoms with Crippen molar-refractivity contribution in [3.63, 3.8) is 0 Å². The van der Waals surface area contributed by atoms with Gasteiger partial charge in [0.25, 0.3) is 0 Å². The van der Waals surface area contributed by atoms with Crippen LogP contribution in [0.1, 0.15) is 70.9 Å². The molecule has 0 saturated carbocycles. The molecule has 0 radical (unpaired) electrons. The first-order valence-electron chi connectivity index (χ1n) is 11.2. The fourth-order valence-electron chi connectivity index (χ4n) is 4.45. The number of carbonyl (C=O) groups is 1. The van der Waals surface area contributed by atoms with Gasteiger partial charge in [0.2, 0.25) is 0 Å². The molecule has 0 aromatic heterocycles. The number of carboxylic acids is 1. The van der Waals surface area contributed by atoms with Crippen molar-refractivity contribution in [2.75, 3.05) is 27.6 Å². The predicted octanol–water partition coefficient (Wildman–Crippen LogP) is 5.73. The Morgan fingerprint density at radius 1 is 1.00 bits per heavy atom. The van der Waals surface area contributed by atoms with Crippen molar-refractivity contribution in [2.45, 2.75) is 72.6 Å². The number of aliphatic carboxylic acids is 1. The van der Waals surface area contributed by atoms with E-state index in [1.807, 2.05) is 33.8 Å². The van der Waals surface area contributed by atoms with Crippen molar-refractivity contribution in [3.8, 4) is 5.75 Å². The summed E-state index contributed by atoms with van der Waals surface area (Å²) in [5.74, 6) is 0.529. The highest BCUT2D eigenvalue weighted by atomic mass is 16.7. The van der Waals surface area contributed by atoms with E-state index >= 15 is 0 Å². The molecular weight excluding hydrogens is 380 g/mol. The Bertz CT molecular complexity index is 616. The van der Waals surface area contributed by atoms with Crippen molar-refractivity contribution < 1.29 is 24.1 Å². The van der Waals surface area contributed by atoms with Crippen LogP contribution < -0.4 is 4.74 Å². The second kappa shape index (κ2) is 13.7. The molecule has 0 aliphatic carbocycles. The summed E-state index contributed by atoms with van der Waals surface area (Å²) in [5.41, 5.74) is 1.85. The van der Waals surface area contributed by atoms with Crippen molar-refractivity contribution in [2.24, 2.45) is 17.3 Å². The highest BCUT2D eigenvalue weighted by Gasteiger charge is 2.43. The summed E-state index contributed by atoms with van der Waals surface area (Å²) in [5, 5.41) is 9.85. The summed E-state index contributed by atoms with van der Waals surface area (Å²) in [6.45, 7) is 9.06. The summed E-state index contributed by atoms with van der Waals surface area (Å²) in [6, 6.07) is 6.38. The van der Waals surface area contributed by atoms with Gasteiger partial charge in [0.05, 0.1) is 19.1 Å². The Labute approximate surface area is 183 Å². The van der Waals surface area contributed by atoms with Gasteiger partial charge in [0.1, 0.15) is 12.5 Å². The topological polar surface area (TPSA) is 65.0 Å². The lowest BCUT2D eigenvalue weighted by atomic mass is 9.66. The van der Waals surface area contributed by atoms with Crippen LogP contribution in [0.15, 0.2) is 18.2 Å². The molecular formula is C25H42O5. The van der Waals surface area contributed by atoms with Crippen molar-refractivity contribution in [1.29, 1.82) is 0 Å². The molecule has 5 nitrogen and oxygen atoms in total. The van der Waals surface area contributed by atoms with Crippen LogP contribution in [0.5, 0.6) is 5.75 Å². The molecule has 0 spiro atoms. The summed E-state index contributed by atoms with van der Waals surface area (Å²) in [4.78, 5) is 12.0. The van der Waals surface area contributed by atoms with E-state index in [9.17, 15) is 9.90 Å². The van der Waals surface area contributed by atoms with Crippen LogP contribution in [-0.2, 0) is 27.1 Å². The smallest absolute Gasteiger partial charge is 0.310 e. The Balaban J connectivity index is 2.49. The highest BCUT2D eigenvalue weighted by Crippen LogP contribution is 2.41. The van der Waals surface area contributed by atoms with Crippen molar-refractivity contribution in [1.82, 2.24) is 0 Å². The summed E-state index contributed by atoms with van der Waals surface area (Å²) in [7, 11) is 3.31. The van der Waals surface area contributed by atoms with Gasteiger partial charge >= 0.3 is 5.97 Å². The Morgan fingerprint density at radius 2 is 1.67 bits per heavy atom. The summed E-state index contributed by atoms with van der Waals surface area (Å²) in [6.07, 6.45) is 6.83. The maximum atomic E-state index is 12.0. The summed E-state index contributed by atoms with van der Waals surface area (Å²) >= 11 is 0. The molecule has 0 atom stereocenters. The molecule has 0 amide bonds. The molecule has 30 heavy (non-hydrogen) atoms. The van der Waals surface area contributed by atoms with Gasteiger partial charge in [0, 0.05) is 7.11 Å². The molecule has 0 saturated heterocycles. The van der Waals surface area contributed by atoms with E-state index in [-0.39, 0.29) is 11.8 Å². The quantitative estimate of drug-likeness (QED) is 0.272. The predicted molar refractivity (Wildman–Crippen MR) is 121 cm³/mol. The van der Waals surface area contributed by atoms with E-state index in [2.05, 4.69) is 12.1 Å². The molecule has 1 N–H and O–H groups in total. The number of hydrogen-bond donors (Lipinski definition) is 1. The molecule has 1 aromatic rings. The monoisotopic (exact) mass is 422 g/mol.